The average molecular weight is 348 g/mol. The second-order valence-electron chi connectivity index (χ2n) is 6.47. The maximum absolute atomic E-state index is 12.6. The molecule has 0 aromatic heterocycles. The summed E-state index contributed by atoms with van der Waals surface area (Å²) in [6, 6.07) is 6.35. The number of anilines is 1. The number of para-hydroxylation sites is 2. The molecule has 0 fully saturated rings. The van der Waals surface area contributed by atoms with Crippen molar-refractivity contribution in [2.75, 3.05) is 19.5 Å². The highest BCUT2D eigenvalue weighted by Gasteiger charge is 2.34. The highest BCUT2D eigenvalue weighted by atomic mass is 16.5. The van der Waals surface area contributed by atoms with Gasteiger partial charge in [-0.25, -0.2) is 4.79 Å². The number of rotatable bonds is 6. The molecule has 7 heteroatoms. The zero-order valence-electron chi connectivity index (χ0n) is 14.9. The molecule has 7 nitrogen and oxygen atoms in total. The molecule has 0 radical (unpaired) electrons. The van der Waals surface area contributed by atoms with Gasteiger partial charge in [0.1, 0.15) is 11.8 Å². The molecule has 1 aliphatic heterocycles. The zero-order chi connectivity index (χ0) is 18.6. The van der Waals surface area contributed by atoms with Gasteiger partial charge in [0.2, 0.25) is 5.91 Å². The van der Waals surface area contributed by atoms with Crippen molar-refractivity contribution in [1.82, 2.24) is 4.90 Å². The first-order chi connectivity index (χ1) is 11.8. The maximum Gasteiger partial charge on any atom is 0.328 e. The van der Waals surface area contributed by atoms with Crippen LogP contribution in [0.3, 0.4) is 0 Å². The van der Waals surface area contributed by atoms with Crippen molar-refractivity contribution in [1.29, 1.82) is 0 Å². The molecule has 0 aliphatic carbocycles. The molecular formula is C18H24N2O5. The van der Waals surface area contributed by atoms with Gasteiger partial charge in [-0.3, -0.25) is 9.59 Å². The highest BCUT2D eigenvalue weighted by Crippen LogP contribution is 2.29. The summed E-state index contributed by atoms with van der Waals surface area (Å²) < 4.78 is 10.4. The van der Waals surface area contributed by atoms with Gasteiger partial charge in [-0.2, -0.15) is 0 Å². The van der Waals surface area contributed by atoms with Crippen molar-refractivity contribution in [3.05, 3.63) is 24.3 Å². The van der Waals surface area contributed by atoms with E-state index in [4.69, 9.17) is 9.47 Å². The van der Waals surface area contributed by atoms with Crippen LogP contribution in [0.2, 0.25) is 0 Å². The van der Waals surface area contributed by atoms with Crippen LogP contribution < -0.4 is 10.1 Å². The second-order valence-corrected chi connectivity index (χ2v) is 6.47. The van der Waals surface area contributed by atoms with Crippen LogP contribution in [0, 0.1) is 5.92 Å². The number of carbonyl (C=O) groups excluding carboxylic acids is 3. The first kappa shape index (κ1) is 18.8. The van der Waals surface area contributed by atoms with E-state index in [0.29, 0.717) is 17.9 Å². The van der Waals surface area contributed by atoms with Crippen LogP contribution in [0.15, 0.2) is 24.3 Å². The van der Waals surface area contributed by atoms with Gasteiger partial charge in [-0.15, -0.1) is 0 Å². The summed E-state index contributed by atoms with van der Waals surface area (Å²) in [6.45, 7) is 3.92. The van der Waals surface area contributed by atoms with E-state index in [1.165, 1.54) is 12.0 Å². The van der Waals surface area contributed by atoms with E-state index >= 15 is 0 Å². The Bertz CT molecular complexity index is 659. The van der Waals surface area contributed by atoms with Crippen LogP contribution in [0.4, 0.5) is 5.69 Å². The van der Waals surface area contributed by atoms with Gasteiger partial charge in [0.05, 0.1) is 19.2 Å². The standard InChI is InChI=1S/C18H24N2O5/c1-11(2)9-13(18(23)24-4)20(3)16(21)10-15-17(22)19-12-7-5-6-8-14(12)25-15/h5-8,11,13,15H,9-10H2,1-4H3,(H,19,22)/t13-,15+/m0/s1. The van der Waals surface area contributed by atoms with Gasteiger partial charge in [-0.1, -0.05) is 26.0 Å². The molecule has 1 heterocycles. The third kappa shape index (κ3) is 4.49. The Morgan fingerprint density at radius 1 is 1.32 bits per heavy atom. The molecule has 1 aliphatic rings. The van der Waals surface area contributed by atoms with Gasteiger partial charge in [0.15, 0.2) is 6.10 Å². The highest BCUT2D eigenvalue weighted by molar-refractivity contribution is 6.00. The molecule has 1 N–H and O–H groups in total. The lowest BCUT2D eigenvalue weighted by Crippen LogP contribution is -2.47. The Hall–Kier alpha value is -2.57. The second kappa shape index (κ2) is 8.00. The third-order valence-electron chi connectivity index (χ3n) is 4.10. The normalized spacial score (nSPS) is 17.2. The van der Waals surface area contributed by atoms with E-state index in [1.54, 1.807) is 31.3 Å². The fourth-order valence-electron chi connectivity index (χ4n) is 2.70. The lowest BCUT2D eigenvalue weighted by atomic mass is 10.0. The Morgan fingerprint density at radius 3 is 2.64 bits per heavy atom. The van der Waals surface area contributed by atoms with Crippen molar-refractivity contribution < 1.29 is 23.9 Å². The molecule has 1 aromatic rings. The molecule has 2 amide bonds. The predicted octanol–water partition coefficient (Wildman–Crippen LogP) is 1.82. The summed E-state index contributed by atoms with van der Waals surface area (Å²) >= 11 is 0. The van der Waals surface area contributed by atoms with Crippen LogP contribution in [-0.2, 0) is 19.1 Å². The number of nitrogens with one attached hydrogen (secondary N) is 1. The maximum atomic E-state index is 12.6. The van der Waals surface area contributed by atoms with E-state index in [0.717, 1.165) is 0 Å². The monoisotopic (exact) mass is 348 g/mol. The number of benzene rings is 1. The minimum Gasteiger partial charge on any atom is -0.478 e. The number of likely N-dealkylation sites (N-methyl/N-ethyl adjacent to an activating group) is 1. The molecule has 0 spiro atoms. The number of esters is 1. The summed E-state index contributed by atoms with van der Waals surface area (Å²) in [6.07, 6.45) is -0.597. The van der Waals surface area contributed by atoms with Gasteiger partial charge >= 0.3 is 5.97 Å². The van der Waals surface area contributed by atoms with E-state index in [1.807, 2.05) is 13.8 Å². The summed E-state index contributed by atoms with van der Waals surface area (Å²) in [5.41, 5.74) is 0.580. The molecule has 0 unspecified atom stereocenters. The summed E-state index contributed by atoms with van der Waals surface area (Å²) in [5, 5.41) is 2.72. The topological polar surface area (TPSA) is 84.9 Å². The number of nitrogens with zero attached hydrogens (tertiary/aromatic N) is 1. The predicted molar refractivity (Wildman–Crippen MR) is 92.1 cm³/mol. The molecule has 2 rings (SSSR count). The van der Waals surface area contributed by atoms with E-state index in [2.05, 4.69) is 5.32 Å². The molecule has 0 saturated carbocycles. The Kier molecular flexibility index (Phi) is 6.01. The van der Waals surface area contributed by atoms with Crippen LogP contribution in [0.5, 0.6) is 5.75 Å². The number of hydrogen-bond donors (Lipinski definition) is 1. The lowest BCUT2D eigenvalue weighted by molar-refractivity contribution is -0.153. The van der Waals surface area contributed by atoms with Crippen molar-refractivity contribution >= 4 is 23.5 Å². The molecule has 25 heavy (non-hydrogen) atoms. The third-order valence-corrected chi connectivity index (χ3v) is 4.10. The number of fused-ring (bicyclic) bond motifs is 1. The van der Waals surface area contributed by atoms with Crippen molar-refractivity contribution in [2.45, 2.75) is 38.8 Å². The molecule has 1 aromatic carbocycles. The SMILES string of the molecule is COC(=O)[C@H](CC(C)C)N(C)C(=O)C[C@H]1Oc2ccccc2NC1=O. The minimum absolute atomic E-state index is 0.151. The van der Waals surface area contributed by atoms with Crippen molar-refractivity contribution in [2.24, 2.45) is 5.92 Å². The van der Waals surface area contributed by atoms with E-state index in [-0.39, 0.29) is 24.2 Å². The first-order valence-corrected chi connectivity index (χ1v) is 8.23. The average Bonchev–Trinajstić information content (AvgIpc) is 2.58. The largest absolute Gasteiger partial charge is 0.478 e. The summed E-state index contributed by atoms with van der Waals surface area (Å²) in [4.78, 5) is 38.0. The van der Waals surface area contributed by atoms with Crippen LogP contribution in [-0.4, -0.2) is 49.0 Å². The first-order valence-electron chi connectivity index (χ1n) is 8.23. The molecule has 0 bridgehead atoms. The quantitative estimate of drug-likeness (QED) is 0.793. The number of methoxy groups -OCH3 is 1. The lowest BCUT2D eigenvalue weighted by Gasteiger charge is -2.30. The van der Waals surface area contributed by atoms with Crippen molar-refractivity contribution in [3.8, 4) is 5.75 Å². The van der Waals surface area contributed by atoms with Crippen LogP contribution in [0.1, 0.15) is 26.7 Å². The van der Waals surface area contributed by atoms with Crippen molar-refractivity contribution in [3.63, 3.8) is 0 Å². The number of amides is 2. The number of carbonyl (C=O) groups is 3. The molecule has 2 atom stereocenters. The Labute approximate surface area is 147 Å². The molecular weight excluding hydrogens is 324 g/mol. The Balaban J connectivity index is 2.07. The van der Waals surface area contributed by atoms with Gasteiger partial charge in [0.25, 0.3) is 5.91 Å². The summed E-state index contributed by atoms with van der Waals surface area (Å²) in [7, 11) is 2.84. The van der Waals surface area contributed by atoms with Crippen LogP contribution in [0.25, 0.3) is 0 Å². The zero-order valence-corrected chi connectivity index (χ0v) is 14.9. The van der Waals surface area contributed by atoms with E-state index in [9.17, 15) is 14.4 Å². The van der Waals surface area contributed by atoms with Gasteiger partial charge in [0, 0.05) is 7.05 Å². The van der Waals surface area contributed by atoms with Crippen LogP contribution >= 0.6 is 0 Å². The molecule has 0 saturated heterocycles. The number of ether oxygens (including phenoxy) is 2. The smallest absolute Gasteiger partial charge is 0.328 e. The van der Waals surface area contributed by atoms with Gasteiger partial charge in [-0.05, 0) is 24.5 Å². The fraction of sp³-hybridized carbons (Fsp3) is 0.500. The minimum atomic E-state index is -0.929. The summed E-state index contributed by atoms with van der Waals surface area (Å²) in [5.74, 6) is -0.465. The fourth-order valence-corrected chi connectivity index (χ4v) is 2.70. The Morgan fingerprint density at radius 2 is 2.00 bits per heavy atom. The number of hydrogen-bond acceptors (Lipinski definition) is 5. The van der Waals surface area contributed by atoms with E-state index < -0.39 is 18.1 Å². The molecule has 136 valence electrons. The van der Waals surface area contributed by atoms with Gasteiger partial charge < -0.3 is 19.7 Å².